The molecule has 0 bridgehead atoms. The van der Waals surface area contributed by atoms with Gasteiger partial charge in [-0.1, -0.05) is 0 Å². The molecule has 0 aliphatic rings. The Morgan fingerprint density at radius 1 is 1.32 bits per heavy atom. The number of imidazole rings is 1. The van der Waals surface area contributed by atoms with Crippen molar-refractivity contribution in [3.8, 4) is 0 Å². The molecule has 3 N–H and O–H groups in total. The number of hydrogen-bond acceptors (Lipinski definition) is 9. The number of aliphatic hydroxyl groups is 1. The third-order valence-corrected chi connectivity index (χ3v) is 5.51. The van der Waals surface area contributed by atoms with E-state index in [9.17, 15) is 9.67 Å². The third-order valence-electron chi connectivity index (χ3n) is 3.34. The van der Waals surface area contributed by atoms with Crippen molar-refractivity contribution in [2.24, 2.45) is 0 Å². The second-order valence-electron chi connectivity index (χ2n) is 5.12. The van der Waals surface area contributed by atoms with E-state index in [1.54, 1.807) is 18.4 Å². The summed E-state index contributed by atoms with van der Waals surface area (Å²) in [5.74, 6) is 0.111. The van der Waals surface area contributed by atoms with Gasteiger partial charge in [0, 0.05) is 6.61 Å². The average Bonchev–Trinajstić information content (AvgIpc) is 2.98. The maximum atomic E-state index is 12.4. The fraction of sp³-hybridized carbons (Fsp3) is 0.643. The van der Waals surface area contributed by atoms with Gasteiger partial charge in [-0.15, -0.1) is 0 Å². The molecule has 0 amide bonds. The molecule has 2 aromatic heterocycles. The Morgan fingerprint density at radius 3 is 2.68 bits per heavy atom. The summed E-state index contributed by atoms with van der Waals surface area (Å²) in [6.45, 7) is 4.15. The van der Waals surface area contributed by atoms with E-state index in [1.807, 2.05) is 0 Å². The Kier molecular flexibility index (Phi) is 7.27. The monoisotopic (exact) mass is 373 g/mol. The van der Waals surface area contributed by atoms with Gasteiger partial charge in [0.1, 0.15) is 5.52 Å². The van der Waals surface area contributed by atoms with Crippen LogP contribution in [0.2, 0.25) is 0 Å². The van der Waals surface area contributed by atoms with E-state index in [4.69, 9.17) is 19.5 Å². The Hall–Kier alpha value is -1.58. The predicted octanol–water partition coefficient (Wildman–Crippen LogP) is 1.57. The first kappa shape index (κ1) is 19.7. The van der Waals surface area contributed by atoms with Crippen LogP contribution in [0.1, 0.15) is 26.5 Å². The van der Waals surface area contributed by atoms with Gasteiger partial charge in [-0.05, 0) is 20.3 Å². The molecule has 140 valence electrons. The van der Waals surface area contributed by atoms with Crippen LogP contribution in [0.5, 0.6) is 0 Å². The minimum Gasteiger partial charge on any atom is -0.392 e. The van der Waals surface area contributed by atoms with Crippen LogP contribution >= 0.6 is 7.60 Å². The molecular weight excluding hydrogens is 349 g/mol. The summed E-state index contributed by atoms with van der Waals surface area (Å²) < 4.78 is 30.1. The SMILES string of the molecule is CCOP(=O)(CCCO[C@H](CO)n1cnc2cnc(N)nc21)OCC. The van der Waals surface area contributed by atoms with E-state index in [0.717, 1.165) is 0 Å². The van der Waals surface area contributed by atoms with Crippen molar-refractivity contribution in [1.82, 2.24) is 19.5 Å². The smallest absolute Gasteiger partial charge is 0.330 e. The minimum absolute atomic E-state index is 0.111. The van der Waals surface area contributed by atoms with Gasteiger partial charge in [0.15, 0.2) is 11.9 Å². The first-order chi connectivity index (χ1) is 12.0. The summed E-state index contributed by atoms with van der Waals surface area (Å²) in [6.07, 6.45) is 3.02. The summed E-state index contributed by atoms with van der Waals surface area (Å²) >= 11 is 0. The maximum absolute atomic E-state index is 12.4. The molecule has 2 rings (SSSR count). The second-order valence-corrected chi connectivity index (χ2v) is 7.31. The van der Waals surface area contributed by atoms with Crippen molar-refractivity contribution < 1.29 is 23.5 Å². The van der Waals surface area contributed by atoms with E-state index in [0.29, 0.717) is 30.8 Å². The van der Waals surface area contributed by atoms with Gasteiger partial charge < -0.3 is 24.6 Å². The van der Waals surface area contributed by atoms with Gasteiger partial charge >= 0.3 is 7.60 Å². The van der Waals surface area contributed by atoms with Crippen molar-refractivity contribution in [3.63, 3.8) is 0 Å². The molecule has 2 aromatic rings. The highest BCUT2D eigenvalue weighted by Gasteiger charge is 2.23. The van der Waals surface area contributed by atoms with Gasteiger partial charge in [-0.3, -0.25) is 9.13 Å². The quantitative estimate of drug-likeness (QED) is 0.444. The van der Waals surface area contributed by atoms with Crippen molar-refractivity contribution in [2.75, 3.05) is 38.3 Å². The van der Waals surface area contributed by atoms with E-state index < -0.39 is 13.8 Å². The molecule has 10 nitrogen and oxygen atoms in total. The summed E-state index contributed by atoms with van der Waals surface area (Å²) in [7, 11) is -3.09. The largest absolute Gasteiger partial charge is 0.392 e. The number of aromatic nitrogens is 4. The molecule has 0 spiro atoms. The molecule has 0 aromatic carbocycles. The standard InChI is InChI=1S/C14H24N5O5P/c1-3-23-25(21,24-4-2)7-5-6-22-12(9-20)19-10-17-11-8-16-14(15)18-13(11)19/h8,10,12,20H,3-7,9H2,1-2H3,(H2,15,16,18)/t12-/m1/s1. The topological polar surface area (TPSA) is 135 Å². The maximum Gasteiger partial charge on any atom is 0.330 e. The highest BCUT2D eigenvalue weighted by atomic mass is 31.2. The lowest BCUT2D eigenvalue weighted by atomic mass is 10.5. The van der Waals surface area contributed by atoms with Crippen LogP contribution in [0, 0.1) is 0 Å². The summed E-state index contributed by atoms with van der Waals surface area (Å²) in [6, 6.07) is 0. The minimum atomic E-state index is -3.09. The molecule has 11 heteroatoms. The number of nitrogens with two attached hydrogens (primary N) is 1. The number of anilines is 1. The molecule has 0 fully saturated rings. The highest BCUT2D eigenvalue weighted by Crippen LogP contribution is 2.48. The Morgan fingerprint density at radius 2 is 2.04 bits per heavy atom. The molecule has 0 aliphatic heterocycles. The van der Waals surface area contributed by atoms with Gasteiger partial charge in [-0.2, -0.15) is 4.98 Å². The number of aliphatic hydroxyl groups excluding tert-OH is 1. The van der Waals surface area contributed by atoms with Crippen LogP contribution in [-0.4, -0.2) is 57.2 Å². The third kappa shape index (κ3) is 5.20. The average molecular weight is 373 g/mol. The number of nitrogens with zero attached hydrogens (tertiary/aromatic N) is 4. The van der Waals surface area contributed by atoms with Crippen LogP contribution in [0.25, 0.3) is 11.2 Å². The van der Waals surface area contributed by atoms with E-state index in [-0.39, 0.29) is 25.3 Å². The molecule has 0 aliphatic carbocycles. The normalized spacial score (nSPS) is 13.4. The fourth-order valence-electron chi connectivity index (χ4n) is 2.31. The number of rotatable bonds is 11. The number of hydrogen-bond donors (Lipinski definition) is 2. The molecular formula is C14H24N5O5P. The van der Waals surface area contributed by atoms with Crippen LogP contribution in [0.4, 0.5) is 5.95 Å². The molecule has 0 saturated heterocycles. The summed E-state index contributed by atoms with van der Waals surface area (Å²) in [5, 5.41) is 9.60. The summed E-state index contributed by atoms with van der Waals surface area (Å²) in [5.41, 5.74) is 6.62. The fourth-order valence-corrected chi connectivity index (χ4v) is 3.94. The van der Waals surface area contributed by atoms with Gasteiger partial charge in [0.2, 0.25) is 5.95 Å². The lowest BCUT2D eigenvalue weighted by Crippen LogP contribution is -2.18. The Labute approximate surface area is 145 Å². The van der Waals surface area contributed by atoms with Crippen LogP contribution in [0.3, 0.4) is 0 Å². The lowest BCUT2D eigenvalue weighted by Gasteiger charge is -2.19. The number of fused-ring (bicyclic) bond motifs is 1. The van der Waals surface area contributed by atoms with Crippen molar-refractivity contribution in [1.29, 1.82) is 0 Å². The zero-order chi connectivity index (χ0) is 18.3. The first-order valence-electron chi connectivity index (χ1n) is 8.08. The van der Waals surface area contributed by atoms with Crippen molar-refractivity contribution in [3.05, 3.63) is 12.5 Å². The highest BCUT2D eigenvalue weighted by molar-refractivity contribution is 7.53. The van der Waals surface area contributed by atoms with Gasteiger partial charge in [-0.25, -0.2) is 9.97 Å². The van der Waals surface area contributed by atoms with Crippen LogP contribution in [0.15, 0.2) is 12.5 Å². The van der Waals surface area contributed by atoms with E-state index in [2.05, 4.69) is 15.0 Å². The summed E-state index contributed by atoms with van der Waals surface area (Å²) in [4.78, 5) is 12.1. The second kappa shape index (κ2) is 9.21. The Bertz CT molecular complexity index is 715. The number of nitrogen functional groups attached to an aromatic ring is 1. The molecule has 2 heterocycles. The first-order valence-corrected chi connectivity index (χ1v) is 9.81. The van der Waals surface area contributed by atoms with E-state index >= 15 is 0 Å². The predicted molar refractivity (Wildman–Crippen MR) is 92.2 cm³/mol. The van der Waals surface area contributed by atoms with E-state index in [1.165, 1.54) is 12.5 Å². The Balaban J connectivity index is 1.96. The molecule has 0 unspecified atom stereocenters. The molecule has 0 radical (unpaired) electrons. The molecule has 0 saturated carbocycles. The zero-order valence-corrected chi connectivity index (χ0v) is 15.3. The van der Waals surface area contributed by atoms with Crippen molar-refractivity contribution >= 4 is 24.7 Å². The van der Waals surface area contributed by atoms with Crippen molar-refractivity contribution in [2.45, 2.75) is 26.5 Å². The van der Waals surface area contributed by atoms with Crippen LogP contribution in [-0.2, 0) is 18.3 Å². The van der Waals surface area contributed by atoms with Crippen LogP contribution < -0.4 is 5.73 Å². The molecule has 25 heavy (non-hydrogen) atoms. The lowest BCUT2D eigenvalue weighted by molar-refractivity contribution is -0.0320. The number of ether oxygens (including phenoxy) is 1. The zero-order valence-electron chi connectivity index (χ0n) is 14.4. The van der Waals surface area contributed by atoms with Gasteiger partial charge in [0.25, 0.3) is 0 Å². The molecule has 1 atom stereocenters. The van der Waals surface area contributed by atoms with Gasteiger partial charge in [0.05, 0.1) is 38.5 Å².